The highest BCUT2D eigenvalue weighted by atomic mass is 16.3. The van der Waals surface area contributed by atoms with E-state index in [0.29, 0.717) is 12.5 Å². The van der Waals surface area contributed by atoms with Crippen LogP contribution < -0.4 is 5.32 Å². The molecule has 21 heavy (non-hydrogen) atoms. The summed E-state index contributed by atoms with van der Waals surface area (Å²) in [6.07, 6.45) is 5.04. The molecule has 1 saturated heterocycles. The molecule has 0 bridgehead atoms. The molecule has 0 aromatic carbocycles. The van der Waals surface area contributed by atoms with Crippen molar-refractivity contribution in [3.63, 3.8) is 0 Å². The van der Waals surface area contributed by atoms with E-state index in [9.17, 15) is 4.79 Å². The number of amides is 2. The van der Waals surface area contributed by atoms with E-state index in [1.807, 2.05) is 17.9 Å². The van der Waals surface area contributed by atoms with Gasteiger partial charge in [0.2, 0.25) is 0 Å². The van der Waals surface area contributed by atoms with Crippen molar-refractivity contribution in [2.45, 2.75) is 32.2 Å². The van der Waals surface area contributed by atoms with Crippen LogP contribution in [-0.2, 0) is 6.54 Å². The first kappa shape index (κ1) is 13.7. The monoisotopic (exact) mass is 289 g/mol. The minimum atomic E-state index is -0.0270. The van der Waals surface area contributed by atoms with Gasteiger partial charge in [-0.25, -0.2) is 9.78 Å². The number of nitrogens with zero attached hydrogens (tertiary/aromatic N) is 3. The molecule has 1 fully saturated rings. The van der Waals surface area contributed by atoms with Crippen LogP contribution in [0, 0.1) is 6.92 Å². The van der Waals surface area contributed by atoms with Crippen LogP contribution >= 0.6 is 0 Å². The van der Waals surface area contributed by atoms with Crippen LogP contribution in [0.1, 0.15) is 36.0 Å². The molecule has 2 N–H and O–H groups in total. The Kier molecular flexibility index (Phi) is 3.89. The van der Waals surface area contributed by atoms with Crippen molar-refractivity contribution in [2.75, 3.05) is 13.1 Å². The van der Waals surface area contributed by atoms with Crippen LogP contribution in [0.15, 0.2) is 23.0 Å². The predicted molar refractivity (Wildman–Crippen MR) is 75.6 cm³/mol. The average Bonchev–Trinajstić information content (AvgIpc) is 3.16. The minimum Gasteiger partial charge on any atom is -0.472 e. The third-order valence-electron chi connectivity index (χ3n) is 3.79. The molecule has 1 aliphatic heterocycles. The number of likely N-dealkylation sites (tertiary alicyclic amines) is 1. The number of aromatic amines is 1. The summed E-state index contributed by atoms with van der Waals surface area (Å²) in [7, 11) is 0. The molecule has 3 heterocycles. The van der Waals surface area contributed by atoms with Crippen molar-refractivity contribution in [3.05, 3.63) is 35.8 Å². The van der Waals surface area contributed by atoms with Crippen LogP contribution in [0.25, 0.3) is 0 Å². The molecule has 7 nitrogen and oxygen atoms in total. The van der Waals surface area contributed by atoms with Gasteiger partial charge in [0, 0.05) is 31.1 Å². The fraction of sp³-hybridized carbons (Fsp3) is 0.500. The lowest BCUT2D eigenvalue weighted by atomic mass is 9.96. The highest BCUT2D eigenvalue weighted by molar-refractivity contribution is 5.74. The zero-order chi connectivity index (χ0) is 14.7. The summed E-state index contributed by atoms with van der Waals surface area (Å²) >= 11 is 0. The second-order valence-electron chi connectivity index (χ2n) is 5.33. The van der Waals surface area contributed by atoms with Gasteiger partial charge < -0.3 is 14.6 Å². The second-order valence-corrected chi connectivity index (χ2v) is 5.33. The first-order valence-electron chi connectivity index (χ1n) is 7.15. The van der Waals surface area contributed by atoms with Gasteiger partial charge in [-0.2, -0.15) is 5.10 Å². The summed E-state index contributed by atoms with van der Waals surface area (Å²) in [5, 5.41) is 9.99. The molecule has 0 radical (unpaired) electrons. The molecule has 2 aromatic rings. The topological polar surface area (TPSA) is 87.1 Å². The van der Waals surface area contributed by atoms with Crippen molar-refractivity contribution in [1.82, 2.24) is 25.4 Å². The lowest BCUT2D eigenvalue weighted by Crippen LogP contribution is -2.43. The standard InChI is InChI=1S/C14H19N5O2/c1-10-16-13(18-17-10)12-2-5-19(6-3-12)14(20)15-8-11-4-7-21-9-11/h4,7,9,12H,2-3,5-6,8H2,1H3,(H,15,20)(H,16,17,18). The SMILES string of the molecule is Cc1nc(C2CCN(C(=O)NCc3ccoc3)CC2)n[nH]1. The van der Waals surface area contributed by atoms with Crippen LogP contribution in [0.2, 0.25) is 0 Å². The maximum atomic E-state index is 12.1. The number of aromatic nitrogens is 3. The van der Waals surface area contributed by atoms with Gasteiger partial charge in [0.25, 0.3) is 0 Å². The van der Waals surface area contributed by atoms with Crippen molar-refractivity contribution in [2.24, 2.45) is 0 Å². The molecule has 112 valence electrons. The molecular formula is C14H19N5O2. The number of urea groups is 1. The number of H-pyrrole nitrogens is 1. The summed E-state index contributed by atoms with van der Waals surface area (Å²) in [5.41, 5.74) is 0.967. The quantitative estimate of drug-likeness (QED) is 0.902. The summed E-state index contributed by atoms with van der Waals surface area (Å²) in [6.45, 7) is 3.86. The number of nitrogens with one attached hydrogen (secondary N) is 2. The highest BCUT2D eigenvalue weighted by Gasteiger charge is 2.25. The van der Waals surface area contributed by atoms with E-state index in [1.54, 1.807) is 12.5 Å². The molecule has 0 aliphatic carbocycles. The Morgan fingerprint density at radius 2 is 2.33 bits per heavy atom. The summed E-state index contributed by atoms with van der Waals surface area (Å²) in [5.74, 6) is 2.05. The zero-order valence-electron chi connectivity index (χ0n) is 12.0. The third kappa shape index (κ3) is 3.24. The number of piperidine rings is 1. The van der Waals surface area contributed by atoms with E-state index in [-0.39, 0.29) is 6.03 Å². The predicted octanol–water partition coefficient (Wildman–Crippen LogP) is 1.80. The van der Waals surface area contributed by atoms with E-state index >= 15 is 0 Å². The van der Waals surface area contributed by atoms with Gasteiger partial charge in [-0.3, -0.25) is 5.10 Å². The fourth-order valence-electron chi connectivity index (χ4n) is 2.57. The van der Waals surface area contributed by atoms with Crippen molar-refractivity contribution >= 4 is 6.03 Å². The molecule has 0 saturated carbocycles. The van der Waals surface area contributed by atoms with Gasteiger partial charge in [-0.05, 0) is 25.8 Å². The van der Waals surface area contributed by atoms with Gasteiger partial charge in [0.1, 0.15) is 5.82 Å². The van der Waals surface area contributed by atoms with Gasteiger partial charge in [0.15, 0.2) is 5.82 Å². The summed E-state index contributed by atoms with van der Waals surface area (Å²) < 4.78 is 4.98. The van der Waals surface area contributed by atoms with Crippen LogP contribution in [-0.4, -0.2) is 39.2 Å². The lowest BCUT2D eigenvalue weighted by Gasteiger charge is -2.30. The largest absolute Gasteiger partial charge is 0.472 e. The van der Waals surface area contributed by atoms with E-state index in [4.69, 9.17) is 4.42 Å². The minimum absolute atomic E-state index is 0.0270. The number of furan rings is 1. The number of hydrogen-bond acceptors (Lipinski definition) is 4. The molecule has 7 heteroatoms. The molecule has 2 amide bonds. The Morgan fingerprint density at radius 3 is 2.95 bits per heavy atom. The number of carbonyl (C=O) groups excluding carboxylic acids is 1. The Balaban J connectivity index is 1.47. The van der Waals surface area contributed by atoms with E-state index in [0.717, 1.165) is 43.1 Å². The summed E-state index contributed by atoms with van der Waals surface area (Å²) in [4.78, 5) is 18.3. The Hall–Kier alpha value is -2.31. The van der Waals surface area contributed by atoms with E-state index in [2.05, 4.69) is 20.5 Å². The zero-order valence-corrected chi connectivity index (χ0v) is 12.0. The smallest absolute Gasteiger partial charge is 0.317 e. The maximum Gasteiger partial charge on any atom is 0.317 e. The molecule has 0 unspecified atom stereocenters. The van der Waals surface area contributed by atoms with E-state index in [1.165, 1.54) is 0 Å². The van der Waals surface area contributed by atoms with Crippen molar-refractivity contribution < 1.29 is 9.21 Å². The molecule has 2 aromatic heterocycles. The molecule has 0 spiro atoms. The third-order valence-corrected chi connectivity index (χ3v) is 3.79. The second kappa shape index (κ2) is 5.99. The first-order chi connectivity index (χ1) is 10.2. The van der Waals surface area contributed by atoms with Crippen LogP contribution in [0.4, 0.5) is 4.79 Å². The molecule has 3 rings (SSSR count). The maximum absolute atomic E-state index is 12.1. The lowest BCUT2D eigenvalue weighted by molar-refractivity contribution is 0.180. The van der Waals surface area contributed by atoms with Crippen LogP contribution in [0.3, 0.4) is 0 Å². The van der Waals surface area contributed by atoms with Gasteiger partial charge >= 0.3 is 6.03 Å². The Morgan fingerprint density at radius 1 is 1.52 bits per heavy atom. The van der Waals surface area contributed by atoms with Gasteiger partial charge in [0.05, 0.1) is 12.5 Å². The Labute approximate surface area is 122 Å². The van der Waals surface area contributed by atoms with Gasteiger partial charge in [-0.15, -0.1) is 0 Å². The fourth-order valence-corrected chi connectivity index (χ4v) is 2.57. The number of rotatable bonds is 3. The van der Waals surface area contributed by atoms with Crippen LogP contribution in [0.5, 0.6) is 0 Å². The van der Waals surface area contributed by atoms with Crippen molar-refractivity contribution in [3.8, 4) is 0 Å². The molecule has 1 aliphatic rings. The number of carbonyl (C=O) groups is 1. The molecule has 0 atom stereocenters. The van der Waals surface area contributed by atoms with Crippen molar-refractivity contribution in [1.29, 1.82) is 0 Å². The number of aryl methyl sites for hydroxylation is 1. The summed E-state index contributed by atoms with van der Waals surface area (Å²) in [6, 6.07) is 1.82. The van der Waals surface area contributed by atoms with E-state index < -0.39 is 0 Å². The average molecular weight is 289 g/mol. The Bertz CT molecular complexity index is 584. The number of hydrogen-bond donors (Lipinski definition) is 2. The molecular weight excluding hydrogens is 270 g/mol. The normalized spacial score (nSPS) is 16.1. The highest BCUT2D eigenvalue weighted by Crippen LogP contribution is 2.25. The van der Waals surface area contributed by atoms with Gasteiger partial charge in [-0.1, -0.05) is 0 Å². The first-order valence-corrected chi connectivity index (χ1v) is 7.15.